The van der Waals surface area contributed by atoms with Gasteiger partial charge in [0.15, 0.2) is 11.0 Å². The lowest BCUT2D eigenvalue weighted by Crippen LogP contribution is -2.28. The van der Waals surface area contributed by atoms with E-state index < -0.39 is 0 Å². The van der Waals surface area contributed by atoms with E-state index in [1.54, 1.807) is 36.9 Å². The van der Waals surface area contributed by atoms with Crippen LogP contribution in [-0.4, -0.2) is 50.2 Å². The van der Waals surface area contributed by atoms with Crippen LogP contribution in [-0.2, 0) is 18.4 Å². The van der Waals surface area contributed by atoms with Crippen LogP contribution < -0.4 is 10.1 Å². The molecule has 2 heterocycles. The summed E-state index contributed by atoms with van der Waals surface area (Å²) in [6.45, 7) is 2.12. The normalized spacial score (nSPS) is 14.6. The van der Waals surface area contributed by atoms with Crippen LogP contribution in [0.15, 0.2) is 83.1 Å². The number of amides is 2. The summed E-state index contributed by atoms with van der Waals surface area (Å²) >= 11 is 1.24. The molecule has 1 atom stereocenters. The van der Waals surface area contributed by atoms with Crippen molar-refractivity contribution in [1.82, 2.24) is 25.1 Å². The third kappa shape index (κ3) is 6.46. The Balaban J connectivity index is 1.27. The fourth-order valence-corrected chi connectivity index (χ4v) is 5.29. The van der Waals surface area contributed by atoms with E-state index in [1.807, 2.05) is 49.4 Å². The Morgan fingerprint density at radius 2 is 1.83 bits per heavy atom. The van der Waals surface area contributed by atoms with Crippen molar-refractivity contribution >= 4 is 29.3 Å². The maximum Gasteiger partial charge on any atom is 0.253 e. The number of carbonyl (C=O) groups is 2. The SMILES string of the molecule is COc1ccc(C2=NN(C(=O)CSc3nnc(CNC(=O)c4cccc(C)c4)n3C)[C@@H](c3ccc(F)cc3)C2)cc1. The Morgan fingerprint density at radius 3 is 2.54 bits per heavy atom. The number of hydrogen-bond acceptors (Lipinski definition) is 7. The molecule has 1 aliphatic heterocycles. The third-order valence-corrected chi connectivity index (χ3v) is 7.79. The number of benzene rings is 3. The number of ether oxygens (including phenoxy) is 1. The molecule has 1 N–H and O–H groups in total. The maximum absolute atomic E-state index is 13.6. The first kappa shape index (κ1) is 28.0. The number of halogens is 1. The van der Waals surface area contributed by atoms with Gasteiger partial charge in [-0.3, -0.25) is 9.59 Å². The van der Waals surface area contributed by atoms with Gasteiger partial charge in [-0.05, 0) is 66.6 Å². The monoisotopic (exact) mass is 572 g/mol. The van der Waals surface area contributed by atoms with Crippen LogP contribution in [0.5, 0.6) is 5.75 Å². The number of hydrazone groups is 1. The number of rotatable bonds is 9. The van der Waals surface area contributed by atoms with Gasteiger partial charge in [-0.2, -0.15) is 5.10 Å². The van der Waals surface area contributed by atoms with Gasteiger partial charge < -0.3 is 14.6 Å². The molecule has 0 radical (unpaired) electrons. The fourth-order valence-electron chi connectivity index (χ4n) is 4.51. The summed E-state index contributed by atoms with van der Waals surface area (Å²) in [7, 11) is 3.39. The smallest absolute Gasteiger partial charge is 0.253 e. The minimum Gasteiger partial charge on any atom is -0.497 e. The number of nitrogens with zero attached hydrogens (tertiary/aromatic N) is 5. The first-order chi connectivity index (χ1) is 19.8. The Hall–Kier alpha value is -4.51. The van der Waals surface area contributed by atoms with Gasteiger partial charge in [-0.15, -0.1) is 10.2 Å². The molecule has 0 unspecified atom stereocenters. The highest BCUT2D eigenvalue weighted by atomic mass is 32.2. The van der Waals surface area contributed by atoms with Gasteiger partial charge >= 0.3 is 0 Å². The number of methoxy groups -OCH3 is 1. The highest BCUT2D eigenvalue weighted by molar-refractivity contribution is 7.99. The third-order valence-electron chi connectivity index (χ3n) is 6.78. The van der Waals surface area contributed by atoms with E-state index in [9.17, 15) is 14.0 Å². The summed E-state index contributed by atoms with van der Waals surface area (Å²) in [6, 6.07) is 20.6. The second-order valence-electron chi connectivity index (χ2n) is 9.58. The summed E-state index contributed by atoms with van der Waals surface area (Å²) in [5, 5.41) is 18.0. The van der Waals surface area contributed by atoms with E-state index >= 15 is 0 Å². The standard InChI is InChI=1S/C30H29FN6O3S/c1-19-5-4-6-22(15-19)29(39)32-17-27-33-34-30(36(27)2)41-18-28(38)37-26(21-7-11-23(31)12-8-21)16-25(35-37)20-9-13-24(40-3)14-10-20/h4-15,26H,16-18H2,1-3H3,(H,32,39)/t26-/m1/s1. The first-order valence-corrected chi connectivity index (χ1v) is 14.0. The van der Waals surface area contributed by atoms with E-state index in [2.05, 4.69) is 20.6 Å². The van der Waals surface area contributed by atoms with Crippen LogP contribution in [0, 0.1) is 12.7 Å². The van der Waals surface area contributed by atoms with E-state index in [0.29, 0.717) is 23.0 Å². The molecule has 3 aromatic carbocycles. The molecular formula is C30H29FN6O3S. The summed E-state index contributed by atoms with van der Waals surface area (Å²) in [5.41, 5.74) is 4.00. The Labute approximate surface area is 241 Å². The van der Waals surface area contributed by atoms with Crippen LogP contribution >= 0.6 is 11.8 Å². The first-order valence-electron chi connectivity index (χ1n) is 13.0. The number of aromatic nitrogens is 3. The lowest BCUT2D eigenvalue weighted by atomic mass is 9.98. The van der Waals surface area contributed by atoms with Crippen LogP contribution in [0.25, 0.3) is 0 Å². The predicted molar refractivity (Wildman–Crippen MR) is 154 cm³/mol. The van der Waals surface area contributed by atoms with Gasteiger partial charge in [0.1, 0.15) is 11.6 Å². The Bertz CT molecular complexity index is 1590. The van der Waals surface area contributed by atoms with Crippen molar-refractivity contribution in [3.8, 4) is 5.75 Å². The van der Waals surface area contributed by atoms with Crippen molar-refractivity contribution in [2.75, 3.05) is 12.9 Å². The molecule has 41 heavy (non-hydrogen) atoms. The average Bonchev–Trinajstić information content (AvgIpc) is 3.59. The predicted octanol–water partition coefficient (Wildman–Crippen LogP) is 4.67. The number of thioether (sulfide) groups is 1. The van der Waals surface area contributed by atoms with Gasteiger partial charge in [0.2, 0.25) is 0 Å². The zero-order valence-corrected chi connectivity index (χ0v) is 23.7. The summed E-state index contributed by atoms with van der Waals surface area (Å²) in [5.74, 6) is 0.594. The minimum atomic E-state index is -0.368. The van der Waals surface area contributed by atoms with Crippen molar-refractivity contribution in [3.63, 3.8) is 0 Å². The van der Waals surface area contributed by atoms with Crippen molar-refractivity contribution in [3.05, 3.63) is 107 Å². The Morgan fingerprint density at radius 1 is 1.07 bits per heavy atom. The molecule has 0 bridgehead atoms. The van der Waals surface area contributed by atoms with Crippen LogP contribution in [0.2, 0.25) is 0 Å². The van der Waals surface area contributed by atoms with Crippen LogP contribution in [0.1, 0.15) is 45.3 Å². The molecule has 5 rings (SSSR count). The molecule has 4 aromatic rings. The number of aryl methyl sites for hydroxylation is 1. The molecule has 0 aliphatic carbocycles. The molecule has 2 amide bonds. The second-order valence-corrected chi connectivity index (χ2v) is 10.5. The molecule has 210 valence electrons. The molecular weight excluding hydrogens is 543 g/mol. The molecule has 1 aliphatic rings. The highest BCUT2D eigenvalue weighted by Crippen LogP contribution is 2.34. The second kappa shape index (κ2) is 12.3. The van der Waals surface area contributed by atoms with Crippen molar-refractivity contribution in [2.45, 2.75) is 31.1 Å². The Kier molecular flexibility index (Phi) is 8.44. The maximum atomic E-state index is 13.6. The molecule has 0 saturated carbocycles. The van der Waals surface area contributed by atoms with Gasteiger partial charge in [-0.25, -0.2) is 9.40 Å². The molecule has 0 spiro atoms. The van der Waals surface area contributed by atoms with Gasteiger partial charge in [0, 0.05) is 19.0 Å². The van der Waals surface area contributed by atoms with Crippen molar-refractivity contribution < 1.29 is 18.7 Å². The number of hydrogen-bond donors (Lipinski definition) is 1. The van der Waals surface area contributed by atoms with Crippen LogP contribution in [0.4, 0.5) is 4.39 Å². The summed E-state index contributed by atoms with van der Waals surface area (Å²) in [6.07, 6.45) is 0.489. The summed E-state index contributed by atoms with van der Waals surface area (Å²) < 4.78 is 20.6. The largest absolute Gasteiger partial charge is 0.497 e. The van der Waals surface area contributed by atoms with Crippen molar-refractivity contribution in [1.29, 1.82) is 0 Å². The van der Waals surface area contributed by atoms with E-state index in [-0.39, 0.29) is 36.0 Å². The van der Waals surface area contributed by atoms with E-state index in [1.165, 1.54) is 28.9 Å². The molecule has 1 aromatic heterocycles. The van der Waals surface area contributed by atoms with Crippen molar-refractivity contribution in [2.24, 2.45) is 12.1 Å². The van der Waals surface area contributed by atoms with Gasteiger partial charge in [0.25, 0.3) is 11.8 Å². The quantitative estimate of drug-likeness (QED) is 0.293. The number of nitrogens with one attached hydrogen (secondary N) is 1. The van der Waals surface area contributed by atoms with Crippen LogP contribution in [0.3, 0.4) is 0 Å². The highest BCUT2D eigenvalue weighted by Gasteiger charge is 2.33. The summed E-state index contributed by atoms with van der Waals surface area (Å²) in [4.78, 5) is 26.0. The number of carbonyl (C=O) groups excluding carboxylic acids is 2. The molecule has 0 fully saturated rings. The lowest BCUT2D eigenvalue weighted by Gasteiger charge is -2.22. The topological polar surface area (TPSA) is 102 Å². The molecule has 9 nitrogen and oxygen atoms in total. The zero-order valence-electron chi connectivity index (χ0n) is 22.9. The fraction of sp³-hybridized carbons (Fsp3) is 0.233. The molecule has 0 saturated heterocycles. The molecule has 11 heteroatoms. The van der Waals surface area contributed by atoms with Gasteiger partial charge in [0.05, 0.1) is 31.2 Å². The van der Waals surface area contributed by atoms with Gasteiger partial charge in [-0.1, -0.05) is 41.6 Å². The average molecular weight is 573 g/mol. The minimum absolute atomic E-state index is 0.0682. The zero-order chi connectivity index (χ0) is 28.9. The van der Waals surface area contributed by atoms with E-state index in [4.69, 9.17) is 4.74 Å². The lowest BCUT2D eigenvalue weighted by molar-refractivity contribution is -0.130. The van der Waals surface area contributed by atoms with E-state index in [0.717, 1.165) is 28.2 Å².